The van der Waals surface area contributed by atoms with E-state index in [-0.39, 0.29) is 0 Å². The van der Waals surface area contributed by atoms with E-state index >= 15 is 0 Å². The normalized spacial score (nSPS) is 39.2. The summed E-state index contributed by atoms with van der Waals surface area (Å²) >= 11 is 25.1. The van der Waals surface area contributed by atoms with Gasteiger partial charge in [0, 0.05) is 23.0 Å². The SMILES string of the molecule is C[C@@]1(C2CC2Cl)CCC(CCCl)CC(CCCCl)CCCCCC(CCl)C1. The van der Waals surface area contributed by atoms with Crippen molar-refractivity contribution in [1.29, 1.82) is 0 Å². The van der Waals surface area contributed by atoms with Crippen molar-refractivity contribution in [2.75, 3.05) is 17.6 Å². The Labute approximate surface area is 188 Å². The minimum Gasteiger partial charge on any atom is -0.127 e. The number of hydrogen-bond acceptors (Lipinski definition) is 0. The highest BCUT2D eigenvalue weighted by Gasteiger charge is 2.49. The van der Waals surface area contributed by atoms with Gasteiger partial charge in [-0.3, -0.25) is 0 Å². The lowest BCUT2D eigenvalue weighted by atomic mass is 9.71. The van der Waals surface area contributed by atoms with E-state index in [1.165, 1.54) is 70.6 Å². The molecule has 4 heteroatoms. The van der Waals surface area contributed by atoms with E-state index in [1.54, 1.807) is 0 Å². The first kappa shape index (κ1) is 24.4. The maximum Gasteiger partial charge on any atom is 0.0373 e. The summed E-state index contributed by atoms with van der Waals surface area (Å²) < 4.78 is 0. The largest absolute Gasteiger partial charge is 0.127 e. The lowest BCUT2D eigenvalue weighted by Crippen LogP contribution is -2.26. The summed E-state index contributed by atoms with van der Waals surface area (Å²) in [5.41, 5.74) is 0.357. The van der Waals surface area contributed by atoms with Gasteiger partial charge in [0.15, 0.2) is 0 Å². The van der Waals surface area contributed by atoms with E-state index in [4.69, 9.17) is 46.4 Å². The van der Waals surface area contributed by atoms with E-state index in [2.05, 4.69) is 6.92 Å². The maximum absolute atomic E-state index is 6.53. The van der Waals surface area contributed by atoms with Crippen molar-refractivity contribution < 1.29 is 0 Å². The zero-order valence-electron chi connectivity index (χ0n) is 17.2. The molecule has 0 aromatic rings. The summed E-state index contributed by atoms with van der Waals surface area (Å²) in [5.74, 6) is 5.32. The first-order chi connectivity index (χ1) is 13.0. The monoisotopic (exact) mass is 456 g/mol. The summed E-state index contributed by atoms with van der Waals surface area (Å²) in [6, 6.07) is 0. The number of halogens is 4. The highest BCUT2D eigenvalue weighted by atomic mass is 35.5. The first-order valence-electron chi connectivity index (χ1n) is 11.3. The average Bonchev–Trinajstić information content (AvgIpc) is 3.39. The van der Waals surface area contributed by atoms with Gasteiger partial charge in [-0.15, -0.1) is 46.4 Å². The van der Waals surface area contributed by atoms with Crippen molar-refractivity contribution in [3.05, 3.63) is 0 Å². The molecule has 160 valence electrons. The Morgan fingerprint density at radius 3 is 2.07 bits per heavy atom. The highest BCUT2D eigenvalue weighted by molar-refractivity contribution is 6.22. The Hall–Kier alpha value is 1.16. The Balaban J connectivity index is 2.08. The fourth-order valence-corrected chi connectivity index (χ4v) is 6.77. The predicted molar refractivity (Wildman–Crippen MR) is 124 cm³/mol. The Morgan fingerprint density at radius 1 is 0.815 bits per heavy atom. The molecule has 2 saturated carbocycles. The Kier molecular flexibility index (Phi) is 11.5. The zero-order chi connectivity index (χ0) is 19.7. The third-order valence-corrected chi connectivity index (χ3v) is 8.76. The number of alkyl halides is 4. The second-order valence-electron chi connectivity index (χ2n) is 9.69. The van der Waals surface area contributed by atoms with E-state index in [0.717, 1.165) is 42.3 Å². The van der Waals surface area contributed by atoms with Gasteiger partial charge < -0.3 is 0 Å². The summed E-state index contributed by atoms with van der Waals surface area (Å²) in [4.78, 5) is 0. The molecule has 6 atom stereocenters. The van der Waals surface area contributed by atoms with Gasteiger partial charge in [0.2, 0.25) is 0 Å². The molecule has 27 heavy (non-hydrogen) atoms. The fraction of sp³-hybridized carbons (Fsp3) is 1.00. The molecule has 2 fully saturated rings. The maximum atomic E-state index is 6.53. The molecule has 0 bridgehead atoms. The first-order valence-corrected chi connectivity index (χ1v) is 13.4. The molecule has 0 saturated heterocycles. The van der Waals surface area contributed by atoms with Crippen LogP contribution in [0.1, 0.15) is 90.4 Å². The van der Waals surface area contributed by atoms with Gasteiger partial charge in [0.05, 0.1) is 0 Å². The molecule has 5 unspecified atom stereocenters. The standard InChI is InChI=1S/C23H40Cl4/c1-23(21-15-22(21)27)11-9-19(10-13-25)14-18(8-5-12-24)6-3-2-4-7-20(16-23)17-26/h18-22H,2-17H2,1H3/t18?,19?,20?,21?,22?,23-/m1/s1. The van der Waals surface area contributed by atoms with Crippen LogP contribution < -0.4 is 0 Å². The van der Waals surface area contributed by atoms with E-state index in [1.807, 2.05) is 0 Å². The Morgan fingerprint density at radius 2 is 1.48 bits per heavy atom. The van der Waals surface area contributed by atoms with Gasteiger partial charge in [-0.2, -0.15) is 0 Å². The smallest absolute Gasteiger partial charge is 0.0373 e. The summed E-state index contributed by atoms with van der Waals surface area (Å²) in [5, 5.41) is 0.393. The molecule has 0 amide bonds. The summed E-state index contributed by atoms with van der Waals surface area (Å²) in [7, 11) is 0. The van der Waals surface area contributed by atoms with Crippen LogP contribution in [0.25, 0.3) is 0 Å². The van der Waals surface area contributed by atoms with E-state index in [9.17, 15) is 0 Å². The molecule has 0 aliphatic heterocycles. The van der Waals surface area contributed by atoms with Crippen molar-refractivity contribution in [3.8, 4) is 0 Å². The van der Waals surface area contributed by atoms with Crippen LogP contribution in [0.4, 0.5) is 0 Å². The van der Waals surface area contributed by atoms with Gasteiger partial charge in [0.25, 0.3) is 0 Å². The molecular weight excluding hydrogens is 418 g/mol. The van der Waals surface area contributed by atoms with Crippen LogP contribution in [0.15, 0.2) is 0 Å². The Bertz CT molecular complexity index is 402. The second kappa shape index (κ2) is 12.8. The molecule has 2 aliphatic carbocycles. The van der Waals surface area contributed by atoms with Gasteiger partial charge in [-0.1, -0.05) is 32.6 Å². The van der Waals surface area contributed by atoms with Crippen LogP contribution in [0.3, 0.4) is 0 Å². The molecule has 0 N–H and O–H groups in total. The average molecular weight is 458 g/mol. The zero-order valence-corrected chi connectivity index (χ0v) is 20.2. The molecule has 0 nitrogen and oxygen atoms in total. The molecule has 0 aromatic carbocycles. The topological polar surface area (TPSA) is 0 Å². The molecule has 2 rings (SSSR count). The molecule has 0 radical (unpaired) electrons. The quantitative estimate of drug-likeness (QED) is 0.334. The second-order valence-corrected chi connectivity index (χ2v) is 11.3. The predicted octanol–water partition coefficient (Wildman–Crippen LogP) is 8.88. The molecule has 0 aromatic heterocycles. The van der Waals surface area contributed by atoms with Crippen molar-refractivity contribution in [2.45, 2.75) is 95.8 Å². The van der Waals surface area contributed by atoms with E-state index < -0.39 is 0 Å². The third-order valence-electron chi connectivity index (χ3n) is 7.36. The highest BCUT2D eigenvalue weighted by Crippen LogP contribution is 2.55. The molecular formula is C23H40Cl4. The summed E-state index contributed by atoms with van der Waals surface area (Å²) in [6.07, 6.45) is 16.7. The molecule has 2 aliphatic rings. The van der Waals surface area contributed by atoms with E-state index in [0.29, 0.717) is 22.6 Å². The van der Waals surface area contributed by atoms with Crippen molar-refractivity contribution in [1.82, 2.24) is 0 Å². The van der Waals surface area contributed by atoms with Crippen LogP contribution in [0, 0.1) is 29.1 Å². The van der Waals surface area contributed by atoms with Gasteiger partial charge in [0.1, 0.15) is 0 Å². The number of rotatable bonds is 7. The minimum atomic E-state index is 0.357. The van der Waals surface area contributed by atoms with Gasteiger partial charge >= 0.3 is 0 Å². The molecule has 0 heterocycles. The third kappa shape index (κ3) is 8.43. The lowest BCUT2D eigenvalue weighted by molar-refractivity contribution is 0.165. The molecule has 0 spiro atoms. The van der Waals surface area contributed by atoms with Crippen LogP contribution in [0.5, 0.6) is 0 Å². The lowest BCUT2D eigenvalue weighted by Gasteiger charge is -2.35. The van der Waals surface area contributed by atoms with Gasteiger partial charge in [-0.25, -0.2) is 0 Å². The number of hydrogen-bond donors (Lipinski definition) is 0. The summed E-state index contributed by atoms with van der Waals surface area (Å²) in [6.45, 7) is 2.50. The fourth-order valence-electron chi connectivity index (χ4n) is 5.55. The van der Waals surface area contributed by atoms with Crippen LogP contribution in [-0.4, -0.2) is 23.0 Å². The van der Waals surface area contributed by atoms with Crippen molar-refractivity contribution >= 4 is 46.4 Å². The van der Waals surface area contributed by atoms with Crippen LogP contribution in [0.2, 0.25) is 0 Å². The van der Waals surface area contributed by atoms with Crippen LogP contribution >= 0.6 is 46.4 Å². The van der Waals surface area contributed by atoms with Crippen molar-refractivity contribution in [3.63, 3.8) is 0 Å². The minimum absolute atomic E-state index is 0.357. The van der Waals surface area contributed by atoms with Crippen LogP contribution in [-0.2, 0) is 0 Å². The van der Waals surface area contributed by atoms with Crippen molar-refractivity contribution in [2.24, 2.45) is 29.1 Å². The van der Waals surface area contributed by atoms with Gasteiger partial charge in [-0.05, 0) is 86.9 Å².